The first kappa shape index (κ1) is 22.5. The maximum Gasteiger partial charge on any atom is 0.220 e. The third-order valence-corrected chi connectivity index (χ3v) is 4.20. The first-order valence-electron chi connectivity index (χ1n) is 8.80. The number of carbonyl (C=O) groups is 1. The van der Waals surface area contributed by atoms with Crippen LogP contribution in [0.4, 0.5) is 0 Å². The summed E-state index contributed by atoms with van der Waals surface area (Å²) in [6.07, 6.45) is 5.19. The number of piperidine rings is 1. The van der Waals surface area contributed by atoms with Gasteiger partial charge in [0.25, 0.3) is 0 Å². The number of amides is 1. The van der Waals surface area contributed by atoms with Gasteiger partial charge in [-0.25, -0.2) is 0 Å². The van der Waals surface area contributed by atoms with Crippen molar-refractivity contribution in [2.45, 2.75) is 52.9 Å². The van der Waals surface area contributed by atoms with E-state index in [4.69, 9.17) is 4.99 Å². The molecule has 23 heavy (non-hydrogen) atoms. The Balaban J connectivity index is 0.00000484. The van der Waals surface area contributed by atoms with E-state index in [0.717, 1.165) is 57.3 Å². The van der Waals surface area contributed by atoms with Crippen molar-refractivity contribution in [1.29, 1.82) is 0 Å². The molecule has 1 rings (SSSR count). The number of hydrogen-bond acceptors (Lipinski definition) is 2. The van der Waals surface area contributed by atoms with Gasteiger partial charge in [0.05, 0.1) is 0 Å². The summed E-state index contributed by atoms with van der Waals surface area (Å²) in [5, 5.41) is 6.13. The van der Waals surface area contributed by atoms with E-state index in [0.29, 0.717) is 12.3 Å². The van der Waals surface area contributed by atoms with Crippen LogP contribution in [0, 0.1) is 11.8 Å². The van der Waals surface area contributed by atoms with Crippen LogP contribution in [0.2, 0.25) is 0 Å². The summed E-state index contributed by atoms with van der Waals surface area (Å²) in [4.78, 5) is 18.6. The standard InChI is InChI=1S/C17H34N4O.HI/c1-5-19-17(20-10-6-7-14(2)3)21-11-8-15(9-12-21)13-16(22)18-4;/h14-15H,5-13H2,1-4H3,(H,18,22)(H,19,20);1H. The lowest BCUT2D eigenvalue weighted by Crippen LogP contribution is -2.46. The molecule has 1 saturated heterocycles. The molecule has 6 heteroatoms. The summed E-state index contributed by atoms with van der Waals surface area (Å²) in [5.41, 5.74) is 0. The predicted molar refractivity (Wildman–Crippen MR) is 108 cm³/mol. The maximum absolute atomic E-state index is 11.5. The van der Waals surface area contributed by atoms with Gasteiger partial charge < -0.3 is 15.5 Å². The minimum absolute atomic E-state index is 0. The van der Waals surface area contributed by atoms with Gasteiger partial charge in [0.1, 0.15) is 0 Å². The lowest BCUT2D eigenvalue weighted by molar-refractivity contribution is -0.121. The monoisotopic (exact) mass is 438 g/mol. The molecule has 1 aliphatic heterocycles. The Hall–Kier alpha value is -0.530. The minimum atomic E-state index is 0. The summed E-state index contributed by atoms with van der Waals surface area (Å²) in [6.45, 7) is 10.4. The molecule has 1 aliphatic rings. The zero-order valence-corrected chi connectivity index (χ0v) is 17.6. The van der Waals surface area contributed by atoms with E-state index in [2.05, 4.69) is 36.3 Å². The SMILES string of the molecule is CCNC(=NCCCC(C)C)N1CCC(CC(=O)NC)CC1.I. The van der Waals surface area contributed by atoms with Crippen LogP contribution in [-0.2, 0) is 4.79 Å². The summed E-state index contributed by atoms with van der Waals surface area (Å²) in [6, 6.07) is 0. The Labute approximate surface area is 159 Å². The molecule has 2 N–H and O–H groups in total. The van der Waals surface area contributed by atoms with E-state index in [9.17, 15) is 4.79 Å². The molecular weight excluding hydrogens is 403 g/mol. The molecule has 0 aromatic carbocycles. The van der Waals surface area contributed by atoms with E-state index >= 15 is 0 Å². The summed E-state index contributed by atoms with van der Waals surface area (Å²) in [5.74, 6) is 2.47. The van der Waals surface area contributed by atoms with Crippen LogP contribution in [0.5, 0.6) is 0 Å². The van der Waals surface area contributed by atoms with Crippen molar-refractivity contribution in [3.8, 4) is 0 Å². The molecule has 0 atom stereocenters. The molecule has 0 aromatic rings. The lowest BCUT2D eigenvalue weighted by Gasteiger charge is -2.34. The molecule has 0 bridgehead atoms. The number of rotatable bonds is 7. The molecule has 0 spiro atoms. The highest BCUT2D eigenvalue weighted by molar-refractivity contribution is 14.0. The number of hydrogen-bond donors (Lipinski definition) is 2. The molecular formula is C17H35IN4O. The highest BCUT2D eigenvalue weighted by Crippen LogP contribution is 2.20. The van der Waals surface area contributed by atoms with Gasteiger partial charge in [-0.05, 0) is 44.4 Å². The Kier molecular flexibility index (Phi) is 12.5. The fourth-order valence-corrected chi connectivity index (χ4v) is 2.82. The molecule has 1 fully saturated rings. The van der Waals surface area contributed by atoms with Crippen LogP contribution < -0.4 is 10.6 Å². The molecule has 0 aromatic heterocycles. The molecule has 0 unspecified atom stereocenters. The van der Waals surface area contributed by atoms with Crippen molar-refractivity contribution >= 4 is 35.8 Å². The Morgan fingerprint density at radius 1 is 1.30 bits per heavy atom. The Bertz CT molecular complexity index is 353. The fraction of sp³-hybridized carbons (Fsp3) is 0.882. The van der Waals surface area contributed by atoms with Crippen molar-refractivity contribution in [3.05, 3.63) is 0 Å². The molecule has 136 valence electrons. The van der Waals surface area contributed by atoms with E-state index < -0.39 is 0 Å². The number of guanidine groups is 1. The first-order valence-corrected chi connectivity index (χ1v) is 8.80. The average molecular weight is 438 g/mol. The molecule has 1 amide bonds. The van der Waals surface area contributed by atoms with Crippen molar-refractivity contribution < 1.29 is 4.79 Å². The second-order valence-electron chi connectivity index (χ2n) is 6.58. The zero-order chi connectivity index (χ0) is 16.4. The number of nitrogens with one attached hydrogen (secondary N) is 2. The van der Waals surface area contributed by atoms with Crippen LogP contribution in [0.25, 0.3) is 0 Å². The zero-order valence-electron chi connectivity index (χ0n) is 15.2. The van der Waals surface area contributed by atoms with Crippen molar-refractivity contribution in [2.24, 2.45) is 16.8 Å². The Morgan fingerprint density at radius 3 is 2.48 bits per heavy atom. The van der Waals surface area contributed by atoms with Gasteiger partial charge in [-0.15, -0.1) is 24.0 Å². The van der Waals surface area contributed by atoms with Crippen LogP contribution >= 0.6 is 24.0 Å². The smallest absolute Gasteiger partial charge is 0.220 e. The predicted octanol–water partition coefficient (Wildman–Crippen LogP) is 2.85. The van der Waals surface area contributed by atoms with Gasteiger partial charge >= 0.3 is 0 Å². The molecule has 5 nitrogen and oxygen atoms in total. The second-order valence-corrected chi connectivity index (χ2v) is 6.58. The third-order valence-electron chi connectivity index (χ3n) is 4.20. The first-order chi connectivity index (χ1) is 10.6. The van der Waals surface area contributed by atoms with Crippen LogP contribution in [0.3, 0.4) is 0 Å². The molecule has 0 aliphatic carbocycles. The van der Waals surface area contributed by atoms with Gasteiger partial charge in [0.2, 0.25) is 5.91 Å². The van der Waals surface area contributed by atoms with E-state index in [1.807, 2.05) is 0 Å². The van der Waals surface area contributed by atoms with Gasteiger partial charge in [-0.2, -0.15) is 0 Å². The number of carbonyl (C=O) groups excluding carboxylic acids is 1. The number of halogens is 1. The average Bonchev–Trinajstić information content (AvgIpc) is 2.51. The fourth-order valence-electron chi connectivity index (χ4n) is 2.82. The van der Waals surface area contributed by atoms with Gasteiger partial charge in [-0.1, -0.05) is 13.8 Å². The molecule has 0 saturated carbocycles. The number of aliphatic imine (C=N–C) groups is 1. The highest BCUT2D eigenvalue weighted by Gasteiger charge is 2.22. The largest absolute Gasteiger partial charge is 0.359 e. The van der Waals surface area contributed by atoms with Gasteiger partial charge in [0, 0.05) is 39.6 Å². The van der Waals surface area contributed by atoms with E-state index in [-0.39, 0.29) is 29.9 Å². The Morgan fingerprint density at radius 2 is 1.96 bits per heavy atom. The number of nitrogens with zero attached hydrogens (tertiary/aromatic N) is 2. The van der Waals surface area contributed by atoms with Crippen molar-refractivity contribution in [1.82, 2.24) is 15.5 Å². The van der Waals surface area contributed by atoms with Crippen LogP contribution in [0.15, 0.2) is 4.99 Å². The lowest BCUT2D eigenvalue weighted by atomic mass is 9.93. The van der Waals surface area contributed by atoms with Gasteiger partial charge in [-0.3, -0.25) is 9.79 Å². The van der Waals surface area contributed by atoms with E-state index in [1.54, 1.807) is 7.05 Å². The maximum atomic E-state index is 11.5. The van der Waals surface area contributed by atoms with E-state index in [1.165, 1.54) is 6.42 Å². The topological polar surface area (TPSA) is 56.7 Å². The van der Waals surface area contributed by atoms with Crippen molar-refractivity contribution in [3.63, 3.8) is 0 Å². The second kappa shape index (κ2) is 12.8. The third kappa shape index (κ3) is 9.37. The molecule has 0 radical (unpaired) electrons. The normalized spacial score (nSPS) is 16.2. The number of likely N-dealkylation sites (tertiary alicyclic amines) is 1. The van der Waals surface area contributed by atoms with Gasteiger partial charge in [0.15, 0.2) is 5.96 Å². The molecule has 1 heterocycles. The highest BCUT2D eigenvalue weighted by atomic mass is 127. The summed E-state index contributed by atoms with van der Waals surface area (Å²) in [7, 11) is 1.71. The van der Waals surface area contributed by atoms with Crippen LogP contribution in [-0.4, -0.2) is 50.0 Å². The quantitative estimate of drug-likeness (QED) is 0.278. The van der Waals surface area contributed by atoms with Crippen LogP contribution in [0.1, 0.15) is 52.9 Å². The minimum Gasteiger partial charge on any atom is -0.359 e. The summed E-state index contributed by atoms with van der Waals surface area (Å²) >= 11 is 0. The summed E-state index contributed by atoms with van der Waals surface area (Å²) < 4.78 is 0. The van der Waals surface area contributed by atoms with Crippen molar-refractivity contribution in [2.75, 3.05) is 33.2 Å².